The third kappa shape index (κ3) is 7.65. The summed E-state index contributed by atoms with van der Waals surface area (Å²) in [5.74, 6) is 2.02. The number of amides is 2. The maximum absolute atomic E-state index is 13.2. The number of rotatable bonds is 11. The summed E-state index contributed by atoms with van der Waals surface area (Å²) in [6.07, 6.45) is 9.31. The van der Waals surface area contributed by atoms with Crippen molar-refractivity contribution in [2.45, 2.75) is 76.3 Å². The first-order valence-corrected chi connectivity index (χ1v) is 19.3. The van der Waals surface area contributed by atoms with Crippen LogP contribution in [-0.4, -0.2) is 54.6 Å². The second kappa shape index (κ2) is 15.3. The van der Waals surface area contributed by atoms with E-state index in [1.54, 1.807) is 0 Å². The molecule has 0 spiro atoms. The van der Waals surface area contributed by atoms with Crippen molar-refractivity contribution < 1.29 is 9.59 Å². The number of hydrogen-bond acceptors (Lipinski definition) is 4. The molecule has 2 fully saturated rings. The number of carbonyl (C=O) groups is 2. The van der Waals surface area contributed by atoms with Gasteiger partial charge >= 0.3 is 0 Å². The number of nitrogens with zero attached hydrogens (tertiary/aromatic N) is 4. The van der Waals surface area contributed by atoms with Gasteiger partial charge in [0.2, 0.25) is 11.8 Å². The van der Waals surface area contributed by atoms with Crippen molar-refractivity contribution in [3.05, 3.63) is 155 Å². The summed E-state index contributed by atoms with van der Waals surface area (Å²) < 4.78 is 0. The summed E-state index contributed by atoms with van der Waals surface area (Å²) in [5, 5.41) is 0. The van der Waals surface area contributed by atoms with Crippen molar-refractivity contribution in [2.24, 2.45) is 0 Å². The number of aromatic nitrogens is 4. The van der Waals surface area contributed by atoms with Gasteiger partial charge in [0, 0.05) is 13.1 Å². The van der Waals surface area contributed by atoms with E-state index >= 15 is 0 Å². The topological polar surface area (TPSA) is 98.0 Å². The maximum atomic E-state index is 13.2. The van der Waals surface area contributed by atoms with Gasteiger partial charge in [-0.2, -0.15) is 0 Å². The van der Waals surface area contributed by atoms with Crippen molar-refractivity contribution in [1.29, 1.82) is 0 Å². The van der Waals surface area contributed by atoms with Crippen molar-refractivity contribution in [2.75, 3.05) is 13.1 Å². The summed E-state index contributed by atoms with van der Waals surface area (Å²) in [4.78, 5) is 46.9. The predicted molar refractivity (Wildman–Crippen MR) is 212 cm³/mol. The van der Waals surface area contributed by atoms with Crippen LogP contribution in [-0.2, 0) is 34.3 Å². The van der Waals surface area contributed by atoms with E-state index in [4.69, 9.17) is 9.97 Å². The zero-order valence-corrected chi connectivity index (χ0v) is 31.2. The Morgan fingerprint density at radius 2 is 1.06 bits per heavy atom. The molecular weight excluding hydrogens is 669 g/mol. The number of carbonyl (C=O) groups excluding carboxylic acids is 2. The van der Waals surface area contributed by atoms with Crippen LogP contribution in [0.3, 0.4) is 0 Å². The van der Waals surface area contributed by atoms with Gasteiger partial charge in [-0.15, -0.1) is 0 Å². The molecule has 1 unspecified atom stereocenters. The van der Waals surface area contributed by atoms with Crippen LogP contribution in [0.1, 0.15) is 85.5 Å². The molecule has 8 nitrogen and oxygen atoms in total. The number of H-pyrrole nitrogens is 2. The van der Waals surface area contributed by atoms with Gasteiger partial charge in [-0.25, -0.2) is 9.97 Å². The summed E-state index contributed by atoms with van der Waals surface area (Å²) >= 11 is 0. The average molecular weight is 717 g/mol. The molecule has 2 aliphatic rings. The molecule has 0 aliphatic carbocycles. The second-order valence-electron chi connectivity index (χ2n) is 15.5. The van der Waals surface area contributed by atoms with Crippen LogP contribution in [0.5, 0.6) is 0 Å². The lowest BCUT2D eigenvalue weighted by molar-refractivity contribution is -0.132. The second-order valence-corrected chi connectivity index (χ2v) is 15.5. The minimum absolute atomic E-state index is 0.0183. The molecule has 4 heterocycles. The van der Waals surface area contributed by atoms with E-state index < -0.39 is 0 Å². The first kappa shape index (κ1) is 35.3. The van der Waals surface area contributed by atoms with Crippen LogP contribution in [0.25, 0.3) is 22.5 Å². The van der Waals surface area contributed by atoms with Crippen LogP contribution >= 0.6 is 0 Å². The van der Waals surface area contributed by atoms with Crippen LogP contribution < -0.4 is 0 Å². The van der Waals surface area contributed by atoms with Gasteiger partial charge in [0.05, 0.1) is 48.7 Å². The third-order valence-electron chi connectivity index (χ3n) is 11.3. The molecule has 0 saturated carbocycles. The Balaban J connectivity index is 0.886. The highest BCUT2D eigenvalue weighted by atomic mass is 16.2. The number of benzene rings is 4. The van der Waals surface area contributed by atoms with E-state index in [1.165, 1.54) is 11.1 Å². The summed E-state index contributed by atoms with van der Waals surface area (Å²) in [7, 11) is 0. The first-order valence-electron chi connectivity index (χ1n) is 19.3. The smallest absolute Gasteiger partial charge is 0.227 e. The largest absolute Gasteiger partial charge is 0.340 e. The first-order chi connectivity index (χ1) is 26.3. The van der Waals surface area contributed by atoms with Gasteiger partial charge in [-0.05, 0) is 70.9 Å². The minimum Gasteiger partial charge on any atom is -0.340 e. The normalized spacial score (nSPS) is 17.3. The lowest BCUT2D eigenvalue weighted by Crippen LogP contribution is -2.32. The van der Waals surface area contributed by atoms with E-state index in [1.807, 2.05) is 82.9 Å². The molecule has 8 heteroatoms. The van der Waals surface area contributed by atoms with Crippen LogP contribution in [0.15, 0.2) is 122 Å². The molecule has 2 atom stereocenters. The lowest BCUT2D eigenvalue weighted by atomic mass is 9.79. The molecule has 2 saturated heterocycles. The Morgan fingerprint density at radius 1 is 0.611 bits per heavy atom. The van der Waals surface area contributed by atoms with Crippen molar-refractivity contribution >= 4 is 11.8 Å². The molecule has 0 bridgehead atoms. The molecule has 4 aromatic carbocycles. The van der Waals surface area contributed by atoms with Crippen molar-refractivity contribution in [3.63, 3.8) is 0 Å². The zero-order chi connectivity index (χ0) is 37.1. The summed E-state index contributed by atoms with van der Waals surface area (Å²) in [6, 6.07) is 37.4. The molecule has 274 valence electrons. The maximum Gasteiger partial charge on any atom is 0.227 e. The average Bonchev–Trinajstić information content (AvgIpc) is 4.03. The van der Waals surface area contributed by atoms with Gasteiger partial charge in [0.25, 0.3) is 0 Å². The molecular formula is C46H48N6O2. The number of likely N-dealkylation sites (tertiary alicyclic amines) is 2. The van der Waals surface area contributed by atoms with E-state index in [2.05, 4.69) is 72.3 Å². The van der Waals surface area contributed by atoms with Gasteiger partial charge in [0.1, 0.15) is 11.6 Å². The van der Waals surface area contributed by atoms with Gasteiger partial charge in [-0.3, -0.25) is 9.59 Å². The van der Waals surface area contributed by atoms with Crippen LogP contribution in [0, 0.1) is 0 Å². The number of imidazole rings is 2. The Labute approximate surface area is 317 Å². The number of nitrogens with one attached hydrogen (secondary N) is 2. The van der Waals surface area contributed by atoms with Crippen molar-refractivity contribution in [1.82, 2.24) is 29.7 Å². The van der Waals surface area contributed by atoms with Gasteiger partial charge in [-0.1, -0.05) is 123 Å². The predicted octanol–water partition coefficient (Wildman–Crippen LogP) is 8.80. The molecule has 2 aliphatic heterocycles. The monoisotopic (exact) mass is 716 g/mol. The fraction of sp³-hybridized carbons (Fsp3) is 0.304. The molecule has 2 N–H and O–H groups in total. The van der Waals surface area contributed by atoms with Crippen LogP contribution in [0.4, 0.5) is 0 Å². The third-order valence-corrected chi connectivity index (χ3v) is 11.3. The molecule has 0 radical (unpaired) electrons. The lowest BCUT2D eigenvalue weighted by Gasteiger charge is -2.26. The fourth-order valence-electron chi connectivity index (χ4n) is 8.26. The van der Waals surface area contributed by atoms with E-state index in [0.717, 1.165) is 90.5 Å². The Bertz CT molecular complexity index is 2190. The van der Waals surface area contributed by atoms with E-state index in [0.29, 0.717) is 12.8 Å². The number of aromatic amines is 2. The molecule has 54 heavy (non-hydrogen) atoms. The van der Waals surface area contributed by atoms with Crippen LogP contribution in [0.2, 0.25) is 0 Å². The summed E-state index contributed by atoms with van der Waals surface area (Å²) in [6.45, 7) is 6.11. The highest BCUT2D eigenvalue weighted by Crippen LogP contribution is 2.35. The van der Waals surface area contributed by atoms with E-state index in [9.17, 15) is 9.59 Å². The zero-order valence-electron chi connectivity index (χ0n) is 31.2. The highest BCUT2D eigenvalue weighted by Gasteiger charge is 2.33. The number of hydrogen-bond donors (Lipinski definition) is 2. The van der Waals surface area contributed by atoms with Gasteiger partial charge < -0.3 is 19.8 Å². The Morgan fingerprint density at radius 3 is 1.52 bits per heavy atom. The molecule has 2 amide bonds. The molecule has 2 aromatic heterocycles. The minimum atomic E-state index is -0.0813. The molecule has 8 rings (SSSR count). The van der Waals surface area contributed by atoms with Crippen molar-refractivity contribution in [3.8, 4) is 22.5 Å². The standard InChI is InChI=1S/C46H48N6O2/c1-46(2,37-23-21-36(22-24-37)39-31-48-45(50-39)41-16-10-26-52(41)43(54)28-33-13-7-4-8-14-33)29-34-17-19-35(20-18-34)38-30-47-44(49-38)40-15-9-25-51(40)42(53)27-32-11-5-3-6-12-32/h3-8,11-14,17-24,30-31,40-41H,9-10,15-16,25-29H2,1-2H3,(H,47,49)(H,48,50)/t40?,41-/m0/s1. The molecule has 6 aromatic rings. The summed E-state index contributed by atoms with van der Waals surface area (Å²) in [5.41, 5.74) is 8.63. The SMILES string of the molecule is CC(C)(Cc1ccc(-c2cnc(C3CCCN3C(=O)Cc3ccccc3)[nH]2)cc1)c1ccc(-c2cnc([C@@H]3CCCN3C(=O)Cc3ccccc3)[nH]2)cc1. The highest BCUT2D eigenvalue weighted by molar-refractivity contribution is 5.80. The Kier molecular flexibility index (Phi) is 10.00. The van der Waals surface area contributed by atoms with E-state index in [-0.39, 0.29) is 29.3 Å². The Hall–Kier alpha value is -5.76. The fourth-order valence-corrected chi connectivity index (χ4v) is 8.26. The van der Waals surface area contributed by atoms with Gasteiger partial charge in [0.15, 0.2) is 0 Å². The quantitative estimate of drug-likeness (QED) is 0.140.